The van der Waals surface area contributed by atoms with Crippen LogP contribution in [0.25, 0.3) is 0 Å². The molecule has 116 valence electrons. The van der Waals surface area contributed by atoms with Gasteiger partial charge in [0.15, 0.2) is 0 Å². The van der Waals surface area contributed by atoms with E-state index in [1.165, 1.54) is 6.42 Å². The summed E-state index contributed by atoms with van der Waals surface area (Å²) in [5.41, 5.74) is 0. The van der Waals surface area contributed by atoms with Crippen molar-refractivity contribution in [2.24, 2.45) is 0 Å². The Kier molecular flexibility index (Phi) is 10.2. The molecule has 1 rings (SSSR count). The van der Waals surface area contributed by atoms with Gasteiger partial charge in [-0.15, -0.1) is 0 Å². The summed E-state index contributed by atoms with van der Waals surface area (Å²) in [5, 5.41) is 0. The van der Waals surface area contributed by atoms with Crippen LogP contribution in [0.1, 0.15) is 32.5 Å². The Morgan fingerprint density at radius 3 is 2.25 bits per heavy atom. The number of ether oxygens (including phenoxy) is 3. The van der Waals surface area contributed by atoms with Gasteiger partial charge in [0.1, 0.15) is 5.82 Å². The van der Waals surface area contributed by atoms with Crippen LogP contribution >= 0.6 is 0 Å². The maximum absolute atomic E-state index is 5.54. The Bertz CT molecular complexity index is 329. The monoisotopic (exact) mass is 284 g/mol. The highest BCUT2D eigenvalue weighted by Gasteiger charge is 1.99. The Hall–Kier alpha value is -0.910. The van der Waals surface area contributed by atoms with E-state index in [0.29, 0.717) is 33.0 Å². The molecule has 20 heavy (non-hydrogen) atoms. The van der Waals surface area contributed by atoms with Crippen molar-refractivity contribution in [1.29, 1.82) is 0 Å². The molecule has 0 saturated carbocycles. The molecule has 1 aromatic rings. The van der Waals surface area contributed by atoms with E-state index in [1.54, 1.807) is 0 Å². The van der Waals surface area contributed by atoms with Crippen LogP contribution in [0.4, 0.5) is 0 Å². The molecule has 0 radical (unpaired) electrons. The molecule has 0 amide bonds. The topological polar surface area (TPSA) is 45.5 Å². The van der Waals surface area contributed by atoms with E-state index < -0.39 is 0 Å². The predicted molar refractivity (Wildman–Crippen MR) is 79.0 cm³/mol. The molecule has 0 spiro atoms. The minimum atomic E-state index is 0.627. The first-order valence-corrected chi connectivity index (χ1v) is 7.61. The largest absolute Gasteiger partial charge is 0.379 e. The van der Waals surface area contributed by atoms with E-state index in [1.807, 2.05) is 12.4 Å². The lowest BCUT2D eigenvalue weighted by Gasteiger charge is -2.08. The standard InChI is InChI=1S/C15H28N2O3/c1-3-5-9-18-11-13-20-14-12-19-10-8-17-7-6-16-15(17)4-2/h6-7H,3-5,8-14H2,1-2H3. The highest BCUT2D eigenvalue weighted by atomic mass is 16.5. The fourth-order valence-corrected chi connectivity index (χ4v) is 1.81. The summed E-state index contributed by atoms with van der Waals surface area (Å²) < 4.78 is 18.5. The van der Waals surface area contributed by atoms with E-state index in [0.717, 1.165) is 31.8 Å². The number of aromatic nitrogens is 2. The molecule has 0 atom stereocenters. The van der Waals surface area contributed by atoms with Gasteiger partial charge in [-0.05, 0) is 6.42 Å². The zero-order chi connectivity index (χ0) is 14.5. The van der Waals surface area contributed by atoms with Crippen molar-refractivity contribution in [2.75, 3.05) is 39.6 Å². The van der Waals surface area contributed by atoms with Crippen LogP contribution in [0.2, 0.25) is 0 Å². The summed E-state index contributed by atoms with van der Waals surface area (Å²) in [6.07, 6.45) is 7.07. The first-order chi connectivity index (χ1) is 9.88. The maximum Gasteiger partial charge on any atom is 0.108 e. The molecule has 5 heteroatoms. The van der Waals surface area contributed by atoms with Gasteiger partial charge in [0.05, 0.1) is 33.0 Å². The van der Waals surface area contributed by atoms with Gasteiger partial charge in [0.2, 0.25) is 0 Å². The van der Waals surface area contributed by atoms with Gasteiger partial charge in [-0.1, -0.05) is 20.3 Å². The Labute approximate surface area is 122 Å². The Morgan fingerprint density at radius 2 is 1.60 bits per heavy atom. The van der Waals surface area contributed by atoms with Crippen LogP contribution in [0.5, 0.6) is 0 Å². The smallest absolute Gasteiger partial charge is 0.108 e. The second-order valence-electron chi connectivity index (χ2n) is 4.58. The summed E-state index contributed by atoms with van der Waals surface area (Å²) in [6, 6.07) is 0. The van der Waals surface area contributed by atoms with Crippen LogP contribution in [0.15, 0.2) is 12.4 Å². The van der Waals surface area contributed by atoms with Gasteiger partial charge in [-0.3, -0.25) is 0 Å². The molecule has 0 aliphatic rings. The highest BCUT2D eigenvalue weighted by Crippen LogP contribution is 1.98. The first-order valence-electron chi connectivity index (χ1n) is 7.61. The average molecular weight is 284 g/mol. The average Bonchev–Trinajstić information content (AvgIpc) is 2.92. The van der Waals surface area contributed by atoms with E-state index in [2.05, 4.69) is 23.4 Å². The highest BCUT2D eigenvalue weighted by molar-refractivity contribution is 4.91. The lowest BCUT2D eigenvalue weighted by Crippen LogP contribution is -2.13. The third-order valence-corrected chi connectivity index (χ3v) is 2.98. The molecule has 0 saturated heterocycles. The lowest BCUT2D eigenvalue weighted by molar-refractivity contribution is 0.0126. The second-order valence-corrected chi connectivity index (χ2v) is 4.58. The normalized spacial score (nSPS) is 11.1. The summed E-state index contributed by atoms with van der Waals surface area (Å²) in [5.74, 6) is 1.11. The minimum Gasteiger partial charge on any atom is -0.379 e. The van der Waals surface area contributed by atoms with E-state index in [9.17, 15) is 0 Å². The van der Waals surface area contributed by atoms with Crippen LogP contribution in [-0.2, 0) is 27.2 Å². The molecular formula is C15H28N2O3. The lowest BCUT2D eigenvalue weighted by atomic mass is 10.4. The molecule has 5 nitrogen and oxygen atoms in total. The van der Waals surface area contributed by atoms with Crippen molar-refractivity contribution in [3.63, 3.8) is 0 Å². The van der Waals surface area contributed by atoms with Crippen molar-refractivity contribution in [3.8, 4) is 0 Å². The van der Waals surface area contributed by atoms with Gasteiger partial charge in [0.25, 0.3) is 0 Å². The summed E-state index contributed by atoms with van der Waals surface area (Å²) in [7, 11) is 0. The number of imidazole rings is 1. The van der Waals surface area contributed by atoms with Gasteiger partial charge in [-0.2, -0.15) is 0 Å². The molecule has 0 aromatic carbocycles. The van der Waals surface area contributed by atoms with Crippen LogP contribution in [0, 0.1) is 0 Å². The van der Waals surface area contributed by atoms with Crippen LogP contribution < -0.4 is 0 Å². The molecule has 0 N–H and O–H groups in total. The summed E-state index contributed by atoms with van der Waals surface area (Å²) in [4.78, 5) is 4.27. The molecular weight excluding hydrogens is 256 g/mol. The third kappa shape index (κ3) is 7.62. The molecule has 1 heterocycles. The van der Waals surface area contributed by atoms with Crippen molar-refractivity contribution in [1.82, 2.24) is 9.55 Å². The fraction of sp³-hybridized carbons (Fsp3) is 0.800. The number of hydrogen-bond donors (Lipinski definition) is 0. The van der Waals surface area contributed by atoms with Gasteiger partial charge >= 0.3 is 0 Å². The first kappa shape index (κ1) is 17.1. The molecule has 0 aliphatic carbocycles. The molecule has 0 bridgehead atoms. The third-order valence-electron chi connectivity index (χ3n) is 2.98. The second kappa shape index (κ2) is 11.9. The van der Waals surface area contributed by atoms with E-state index in [-0.39, 0.29) is 0 Å². The van der Waals surface area contributed by atoms with Gasteiger partial charge in [-0.25, -0.2) is 4.98 Å². The van der Waals surface area contributed by atoms with E-state index >= 15 is 0 Å². The summed E-state index contributed by atoms with van der Waals surface area (Å²) >= 11 is 0. The van der Waals surface area contributed by atoms with E-state index in [4.69, 9.17) is 14.2 Å². The molecule has 0 aliphatic heterocycles. The molecule has 1 aromatic heterocycles. The van der Waals surface area contributed by atoms with Crippen molar-refractivity contribution >= 4 is 0 Å². The Morgan fingerprint density at radius 1 is 0.950 bits per heavy atom. The van der Waals surface area contributed by atoms with Gasteiger partial charge in [0, 0.05) is 32.0 Å². The quantitative estimate of drug-likeness (QED) is 0.521. The van der Waals surface area contributed by atoms with Crippen molar-refractivity contribution in [3.05, 3.63) is 18.2 Å². The number of aryl methyl sites for hydroxylation is 1. The SMILES string of the molecule is CCCCOCCOCCOCCn1ccnc1CC. The zero-order valence-corrected chi connectivity index (χ0v) is 12.8. The zero-order valence-electron chi connectivity index (χ0n) is 12.8. The Balaban J connectivity index is 1.85. The molecule has 0 fully saturated rings. The van der Waals surface area contributed by atoms with Crippen molar-refractivity contribution in [2.45, 2.75) is 39.7 Å². The van der Waals surface area contributed by atoms with Crippen molar-refractivity contribution < 1.29 is 14.2 Å². The molecule has 0 unspecified atom stereocenters. The number of hydrogen-bond acceptors (Lipinski definition) is 4. The summed E-state index contributed by atoms with van der Waals surface area (Å²) in [6.45, 7) is 9.22. The maximum atomic E-state index is 5.54. The van der Waals surface area contributed by atoms with Crippen LogP contribution in [0.3, 0.4) is 0 Å². The fourth-order valence-electron chi connectivity index (χ4n) is 1.81. The van der Waals surface area contributed by atoms with Crippen LogP contribution in [-0.4, -0.2) is 49.2 Å². The van der Waals surface area contributed by atoms with Gasteiger partial charge < -0.3 is 18.8 Å². The number of nitrogens with zero attached hydrogens (tertiary/aromatic N) is 2. The number of rotatable bonds is 13. The minimum absolute atomic E-state index is 0.627. The number of unbranched alkanes of at least 4 members (excludes halogenated alkanes) is 1. The predicted octanol–water partition coefficient (Wildman–Crippen LogP) is 2.30.